The number of rotatable bonds is 7. The summed E-state index contributed by atoms with van der Waals surface area (Å²) in [6.07, 6.45) is 1.49. The van der Waals surface area contributed by atoms with Crippen LogP contribution in [0.1, 0.15) is 33.6 Å². The summed E-state index contributed by atoms with van der Waals surface area (Å²) in [7, 11) is 0. The number of hydrogen-bond donors (Lipinski definition) is 2. The maximum Gasteiger partial charge on any atom is 0.420 e. The minimum Gasteiger partial charge on any atom is -0.408 e. The molecular weight excluding hydrogens is 296 g/mol. The van der Waals surface area contributed by atoms with Gasteiger partial charge in [0.1, 0.15) is 6.54 Å². The highest BCUT2D eigenvalue weighted by Gasteiger charge is 2.22. The molecule has 2 aromatic rings. The smallest absolute Gasteiger partial charge is 0.408 e. The van der Waals surface area contributed by atoms with Crippen molar-refractivity contribution in [1.29, 1.82) is 0 Å². The summed E-state index contributed by atoms with van der Waals surface area (Å²) < 4.78 is 6.37. The molecule has 1 amide bonds. The molecule has 0 fully saturated rings. The first-order chi connectivity index (χ1) is 10.8. The number of benzene rings is 1. The Bertz CT molecular complexity index is 728. The molecule has 2 rings (SSSR count). The van der Waals surface area contributed by atoms with E-state index in [1.807, 2.05) is 0 Å². The molecule has 0 aliphatic carbocycles. The van der Waals surface area contributed by atoms with Gasteiger partial charge in [-0.2, -0.15) is 0 Å². The number of amides is 1. The summed E-state index contributed by atoms with van der Waals surface area (Å²) >= 11 is 0. The van der Waals surface area contributed by atoms with Crippen molar-refractivity contribution in [2.75, 3.05) is 6.54 Å². The van der Waals surface area contributed by atoms with Crippen molar-refractivity contribution in [3.8, 4) is 0 Å². The second-order valence-corrected chi connectivity index (χ2v) is 6.63. The largest absolute Gasteiger partial charge is 0.420 e. The summed E-state index contributed by atoms with van der Waals surface area (Å²) in [6, 6.07) is 6.96. The Labute approximate surface area is 135 Å². The van der Waals surface area contributed by atoms with Crippen molar-refractivity contribution in [1.82, 2.24) is 9.88 Å². The van der Waals surface area contributed by atoms with Crippen LogP contribution in [0.2, 0.25) is 0 Å². The molecular formula is C17H24N2O4. The van der Waals surface area contributed by atoms with Gasteiger partial charge in [-0.1, -0.05) is 26.0 Å². The number of para-hydroxylation sites is 2. The normalized spacial score (nSPS) is 14.1. The lowest BCUT2D eigenvalue weighted by molar-refractivity contribution is -0.122. The molecule has 0 aliphatic heterocycles. The van der Waals surface area contributed by atoms with Gasteiger partial charge in [0.2, 0.25) is 5.91 Å². The molecule has 0 saturated carbocycles. The fourth-order valence-corrected chi connectivity index (χ4v) is 2.34. The standard InChI is InChI=1S/C17H24N2O4/c1-12(2)8-9-17(3,22)11-18-15(20)10-19-13-6-4-5-7-14(13)23-16(19)21/h4-7,12,22H,8-11H2,1-3H3,(H,18,20). The Hall–Kier alpha value is -2.08. The third kappa shape index (κ3) is 4.69. The molecule has 23 heavy (non-hydrogen) atoms. The van der Waals surface area contributed by atoms with Crippen LogP contribution < -0.4 is 11.1 Å². The van der Waals surface area contributed by atoms with Crippen LogP contribution in [0.3, 0.4) is 0 Å². The van der Waals surface area contributed by atoms with Crippen molar-refractivity contribution in [2.45, 2.75) is 45.8 Å². The number of aliphatic hydroxyl groups is 1. The summed E-state index contributed by atoms with van der Waals surface area (Å²) in [5, 5.41) is 12.9. The summed E-state index contributed by atoms with van der Waals surface area (Å²) in [5.74, 6) is -0.399. The van der Waals surface area contributed by atoms with Gasteiger partial charge in [0.05, 0.1) is 11.1 Å². The number of nitrogens with one attached hydrogen (secondary N) is 1. The highest BCUT2D eigenvalue weighted by molar-refractivity contribution is 5.79. The van der Waals surface area contributed by atoms with E-state index in [1.165, 1.54) is 4.57 Å². The van der Waals surface area contributed by atoms with E-state index in [1.54, 1.807) is 31.2 Å². The molecule has 6 nitrogen and oxygen atoms in total. The zero-order valence-corrected chi connectivity index (χ0v) is 13.8. The number of oxazole rings is 1. The molecule has 0 bridgehead atoms. The summed E-state index contributed by atoms with van der Waals surface area (Å²) in [5.41, 5.74) is 0.0806. The third-order valence-corrected chi connectivity index (χ3v) is 3.80. The molecule has 0 aliphatic rings. The number of carbonyl (C=O) groups excluding carboxylic acids is 1. The zero-order chi connectivity index (χ0) is 17.0. The van der Waals surface area contributed by atoms with Crippen LogP contribution in [0.4, 0.5) is 0 Å². The van der Waals surface area contributed by atoms with Gasteiger partial charge in [-0.25, -0.2) is 4.79 Å². The number of fused-ring (bicyclic) bond motifs is 1. The van der Waals surface area contributed by atoms with Crippen LogP contribution in [0.25, 0.3) is 11.1 Å². The van der Waals surface area contributed by atoms with E-state index in [9.17, 15) is 14.7 Å². The average molecular weight is 320 g/mol. The Morgan fingerprint density at radius 3 is 2.78 bits per heavy atom. The van der Waals surface area contributed by atoms with Crippen LogP contribution in [-0.4, -0.2) is 27.7 Å². The van der Waals surface area contributed by atoms with E-state index in [-0.39, 0.29) is 19.0 Å². The van der Waals surface area contributed by atoms with E-state index in [4.69, 9.17) is 4.42 Å². The van der Waals surface area contributed by atoms with Gasteiger partial charge in [0.25, 0.3) is 0 Å². The third-order valence-electron chi connectivity index (χ3n) is 3.80. The van der Waals surface area contributed by atoms with Crippen molar-refractivity contribution < 1.29 is 14.3 Å². The molecule has 1 atom stereocenters. The fourth-order valence-electron chi connectivity index (χ4n) is 2.34. The van der Waals surface area contributed by atoms with Gasteiger partial charge >= 0.3 is 5.76 Å². The Morgan fingerprint density at radius 2 is 2.09 bits per heavy atom. The lowest BCUT2D eigenvalue weighted by Crippen LogP contribution is -2.42. The Kier molecular flexibility index (Phi) is 5.26. The van der Waals surface area contributed by atoms with Crippen LogP contribution in [0.5, 0.6) is 0 Å². The van der Waals surface area contributed by atoms with Crippen molar-refractivity contribution in [2.24, 2.45) is 5.92 Å². The maximum atomic E-state index is 12.1. The SMILES string of the molecule is CC(C)CCC(C)(O)CNC(=O)Cn1c(=O)oc2ccccc21. The van der Waals surface area contributed by atoms with E-state index in [0.29, 0.717) is 23.4 Å². The van der Waals surface area contributed by atoms with E-state index in [2.05, 4.69) is 19.2 Å². The first-order valence-electron chi connectivity index (χ1n) is 7.86. The quantitative estimate of drug-likeness (QED) is 0.816. The van der Waals surface area contributed by atoms with E-state index >= 15 is 0 Å². The first-order valence-corrected chi connectivity index (χ1v) is 7.86. The monoisotopic (exact) mass is 320 g/mol. The predicted molar refractivity (Wildman–Crippen MR) is 88.2 cm³/mol. The number of carbonyl (C=O) groups is 1. The number of nitrogens with zero attached hydrogens (tertiary/aromatic N) is 1. The Morgan fingerprint density at radius 1 is 1.39 bits per heavy atom. The molecule has 1 aromatic carbocycles. The second kappa shape index (κ2) is 7.00. The topological polar surface area (TPSA) is 84.5 Å². The zero-order valence-electron chi connectivity index (χ0n) is 13.8. The summed E-state index contributed by atoms with van der Waals surface area (Å²) in [4.78, 5) is 23.9. The fraction of sp³-hybridized carbons (Fsp3) is 0.529. The van der Waals surface area contributed by atoms with Crippen LogP contribution in [-0.2, 0) is 11.3 Å². The van der Waals surface area contributed by atoms with Crippen LogP contribution in [0, 0.1) is 5.92 Å². The average Bonchev–Trinajstić information content (AvgIpc) is 2.80. The van der Waals surface area contributed by atoms with Gasteiger partial charge in [0.15, 0.2) is 5.58 Å². The van der Waals surface area contributed by atoms with Gasteiger partial charge in [-0.3, -0.25) is 9.36 Å². The molecule has 0 spiro atoms. The van der Waals surface area contributed by atoms with Gasteiger partial charge in [0, 0.05) is 6.54 Å². The van der Waals surface area contributed by atoms with Crippen LogP contribution >= 0.6 is 0 Å². The highest BCUT2D eigenvalue weighted by atomic mass is 16.4. The summed E-state index contributed by atoms with van der Waals surface area (Å²) in [6.45, 7) is 5.91. The lowest BCUT2D eigenvalue weighted by Gasteiger charge is -2.24. The maximum absolute atomic E-state index is 12.1. The molecule has 0 saturated heterocycles. The number of hydrogen-bond acceptors (Lipinski definition) is 4. The van der Waals surface area contributed by atoms with Gasteiger partial charge < -0.3 is 14.8 Å². The molecule has 6 heteroatoms. The Balaban J connectivity index is 1.97. The second-order valence-electron chi connectivity index (χ2n) is 6.63. The van der Waals surface area contributed by atoms with Crippen molar-refractivity contribution in [3.05, 3.63) is 34.8 Å². The minimum absolute atomic E-state index is 0.129. The molecule has 2 N–H and O–H groups in total. The number of aromatic nitrogens is 1. The molecule has 1 heterocycles. The molecule has 126 valence electrons. The predicted octanol–water partition coefficient (Wildman–Crippen LogP) is 1.90. The first kappa shape index (κ1) is 17.3. The van der Waals surface area contributed by atoms with Gasteiger partial charge in [-0.15, -0.1) is 0 Å². The lowest BCUT2D eigenvalue weighted by atomic mass is 9.95. The van der Waals surface area contributed by atoms with E-state index in [0.717, 1.165) is 6.42 Å². The molecule has 1 aromatic heterocycles. The van der Waals surface area contributed by atoms with Crippen molar-refractivity contribution in [3.63, 3.8) is 0 Å². The minimum atomic E-state index is -0.955. The van der Waals surface area contributed by atoms with E-state index < -0.39 is 11.4 Å². The van der Waals surface area contributed by atoms with Crippen LogP contribution in [0.15, 0.2) is 33.5 Å². The van der Waals surface area contributed by atoms with Gasteiger partial charge in [-0.05, 0) is 37.8 Å². The van der Waals surface area contributed by atoms with Crippen molar-refractivity contribution >= 4 is 17.0 Å². The highest BCUT2D eigenvalue weighted by Crippen LogP contribution is 2.15. The molecule has 1 unspecified atom stereocenters. The molecule has 0 radical (unpaired) electrons.